The molecule has 0 aromatic heterocycles. The molecule has 1 aromatic carbocycles. The highest BCUT2D eigenvalue weighted by Gasteiger charge is 2.39. The highest BCUT2D eigenvalue weighted by Crippen LogP contribution is 2.41. The Labute approximate surface area is 127 Å². The number of halogens is 3. The number of anilines is 2. The molecule has 0 unspecified atom stereocenters. The largest absolute Gasteiger partial charge is 0.416 e. The molecule has 1 aliphatic heterocycles. The van der Waals surface area contributed by atoms with E-state index in [1.807, 2.05) is 11.8 Å². The van der Waals surface area contributed by atoms with E-state index in [2.05, 4.69) is 5.32 Å². The first-order valence-corrected chi connectivity index (χ1v) is 7.63. The molecule has 2 fully saturated rings. The minimum Gasteiger partial charge on any atom is -0.370 e. The van der Waals surface area contributed by atoms with Crippen LogP contribution >= 0.6 is 0 Å². The van der Waals surface area contributed by atoms with Crippen LogP contribution in [0.4, 0.5) is 24.5 Å². The van der Waals surface area contributed by atoms with Gasteiger partial charge in [-0.05, 0) is 43.4 Å². The molecule has 3 rings (SSSR count). The zero-order valence-electron chi connectivity index (χ0n) is 12.4. The van der Waals surface area contributed by atoms with Gasteiger partial charge in [0.2, 0.25) is 5.91 Å². The van der Waals surface area contributed by atoms with Crippen LogP contribution in [0.2, 0.25) is 0 Å². The summed E-state index contributed by atoms with van der Waals surface area (Å²) in [5.41, 5.74) is 0.238. The van der Waals surface area contributed by atoms with Crippen molar-refractivity contribution in [3.63, 3.8) is 0 Å². The number of nitrogens with zero attached hydrogens (tertiary/aromatic N) is 1. The zero-order chi connectivity index (χ0) is 15.9. The molecule has 1 N–H and O–H groups in total. The van der Waals surface area contributed by atoms with E-state index in [0.717, 1.165) is 44.5 Å². The molecule has 1 saturated heterocycles. The van der Waals surface area contributed by atoms with Crippen molar-refractivity contribution in [2.75, 3.05) is 23.3 Å². The first-order valence-electron chi connectivity index (χ1n) is 7.63. The summed E-state index contributed by atoms with van der Waals surface area (Å²) in [5.74, 6) is 0.0780. The van der Waals surface area contributed by atoms with Crippen molar-refractivity contribution in [3.8, 4) is 0 Å². The second-order valence-electron chi connectivity index (χ2n) is 6.23. The van der Waals surface area contributed by atoms with Crippen molar-refractivity contribution in [1.29, 1.82) is 0 Å². The van der Waals surface area contributed by atoms with Crippen LogP contribution < -0.4 is 10.2 Å². The number of carbonyl (C=O) groups is 1. The lowest BCUT2D eigenvalue weighted by Crippen LogP contribution is -2.22. The average Bonchev–Trinajstić information content (AvgIpc) is 2.97. The first kappa shape index (κ1) is 15.2. The number of rotatable bonds is 3. The monoisotopic (exact) mass is 312 g/mol. The van der Waals surface area contributed by atoms with Gasteiger partial charge in [-0.15, -0.1) is 0 Å². The second kappa shape index (κ2) is 5.48. The summed E-state index contributed by atoms with van der Waals surface area (Å²) < 4.78 is 38.8. The predicted molar refractivity (Wildman–Crippen MR) is 78.8 cm³/mol. The number of hydrogen-bond acceptors (Lipinski definition) is 2. The summed E-state index contributed by atoms with van der Waals surface area (Å²) >= 11 is 0. The van der Waals surface area contributed by atoms with E-state index in [1.165, 1.54) is 6.07 Å². The highest BCUT2D eigenvalue weighted by molar-refractivity contribution is 5.97. The molecule has 3 nitrogen and oxygen atoms in total. The Morgan fingerprint density at radius 1 is 1.27 bits per heavy atom. The van der Waals surface area contributed by atoms with Gasteiger partial charge in [-0.1, -0.05) is 6.92 Å². The van der Waals surface area contributed by atoms with Crippen molar-refractivity contribution in [3.05, 3.63) is 23.8 Å². The molecule has 0 radical (unpaired) electrons. The van der Waals surface area contributed by atoms with Crippen LogP contribution in [0, 0.1) is 11.8 Å². The van der Waals surface area contributed by atoms with Crippen molar-refractivity contribution in [1.82, 2.24) is 0 Å². The summed E-state index contributed by atoms with van der Waals surface area (Å²) in [6.07, 6.45) is -1.55. The van der Waals surface area contributed by atoms with Gasteiger partial charge in [-0.3, -0.25) is 4.79 Å². The van der Waals surface area contributed by atoms with E-state index in [4.69, 9.17) is 0 Å². The number of carbonyl (C=O) groups excluding carboxylic acids is 1. The summed E-state index contributed by atoms with van der Waals surface area (Å²) in [6.45, 7) is 3.60. The summed E-state index contributed by atoms with van der Waals surface area (Å²) in [4.78, 5) is 14.1. The third-order valence-corrected chi connectivity index (χ3v) is 4.47. The standard InChI is InChI=1S/C16H19F3N2O/c1-10-8-12(10)15(22)20-13-9-11(16(17,18)19)4-5-14(13)21-6-2-3-7-21/h4-5,9-10,12H,2-3,6-8H2,1H3,(H,20,22)/t10-,12+/m1/s1. The number of hydrogen-bond donors (Lipinski definition) is 1. The maximum atomic E-state index is 12.9. The molecular formula is C16H19F3N2O. The van der Waals surface area contributed by atoms with Gasteiger partial charge in [-0.25, -0.2) is 0 Å². The van der Waals surface area contributed by atoms with Crippen LogP contribution in [0.15, 0.2) is 18.2 Å². The van der Waals surface area contributed by atoms with Crippen molar-refractivity contribution in [2.45, 2.75) is 32.4 Å². The average molecular weight is 312 g/mol. The van der Waals surface area contributed by atoms with Crippen LogP contribution in [-0.4, -0.2) is 19.0 Å². The van der Waals surface area contributed by atoms with Gasteiger partial charge in [-0.2, -0.15) is 13.2 Å². The zero-order valence-corrected chi connectivity index (χ0v) is 12.4. The molecule has 1 aliphatic carbocycles. The lowest BCUT2D eigenvalue weighted by Gasteiger charge is -2.23. The van der Waals surface area contributed by atoms with E-state index in [1.54, 1.807) is 0 Å². The van der Waals surface area contributed by atoms with Crippen molar-refractivity contribution >= 4 is 17.3 Å². The third kappa shape index (κ3) is 3.05. The normalized spacial score (nSPS) is 24.5. The molecule has 1 amide bonds. The minimum absolute atomic E-state index is 0.0685. The fourth-order valence-electron chi connectivity index (χ4n) is 2.96. The van der Waals surface area contributed by atoms with Gasteiger partial charge >= 0.3 is 6.18 Å². The summed E-state index contributed by atoms with van der Waals surface area (Å²) in [5, 5.41) is 2.71. The molecule has 1 heterocycles. The van der Waals surface area contributed by atoms with Crippen LogP contribution in [0.5, 0.6) is 0 Å². The lowest BCUT2D eigenvalue weighted by atomic mass is 10.1. The Balaban J connectivity index is 1.89. The Morgan fingerprint density at radius 3 is 2.45 bits per heavy atom. The topological polar surface area (TPSA) is 32.3 Å². The number of amides is 1. The summed E-state index contributed by atoms with van der Waals surface area (Å²) in [7, 11) is 0. The predicted octanol–water partition coefficient (Wildman–Crippen LogP) is 3.90. The maximum Gasteiger partial charge on any atom is 0.416 e. The van der Waals surface area contributed by atoms with Gasteiger partial charge in [0.15, 0.2) is 0 Å². The SMILES string of the molecule is C[C@@H]1C[C@@H]1C(=O)Nc1cc(C(F)(F)F)ccc1N1CCCC1. The van der Waals surface area contributed by atoms with Gasteiger partial charge in [0.05, 0.1) is 16.9 Å². The van der Waals surface area contributed by atoms with E-state index in [0.29, 0.717) is 11.6 Å². The van der Waals surface area contributed by atoms with Crippen LogP contribution in [0.25, 0.3) is 0 Å². The molecule has 6 heteroatoms. The molecule has 22 heavy (non-hydrogen) atoms. The molecule has 0 spiro atoms. The number of nitrogens with one attached hydrogen (secondary N) is 1. The Hall–Kier alpha value is -1.72. The van der Waals surface area contributed by atoms with Gasteiger partial charge in [0.25, 0.3) is 0 Å². The summed E-state index contributed by atoms with van der Waals surface area (Å²) in [6, 6.07) is 3.61. The fourth-order valence-corrected chi connectivity index (χ4v) is 2.96. The van der Waals surface area contributed by atoms with Gasteiger partial charge < -0.3 is 10.2 Å². The lowest BCUT2D eigenvalue weighted by molar-refractivity contribution is -0.137. The fraction of sp³-hybridized carbons (Fsp3) is 0.562. The van der Waals surface area contributed by atoms with Gasteiger partial charge in [0, 0.05) is 19.0 Å². The number of alkyl halides is 3. The Morgan fingerprint density at radius 2 is 1.91 bits per heavy atom. The molecule has 1 saturated carbocycles. The molecule has 2 atom stereocenters. The highest BCUT2D eigenvalue weighted by atomic mass is 19.4. The Kier molecular flexibility index (Phi) is 3.78. The molecule has 120 valence electrons. The van der Waals surface area contributed by atoms with Crippen molar-refractivity contribution in [2.24, 2.45) is 11.8 Å². The quantitative estimate of drug-likeness (QED) is 0.918. The second-order valence-corrected chi connectivity index (χ2v) is 6.23. The molecule has 0 bridgehead atoms. The van der Waals surface area contributed by atoms with Crippen LogP contribution in [0.3, 0.4) is 0 Å². The maximum absolute atomic E-state index is 12.9. The molecule has 2 aliphatic rings. The van der Waals surface area contributed by atoms with Crippen LogP contribution in [-0.2, 0) is 11.0 Å². The van der Waals surface area contributed by atoms with E-state index < -0.39 is 11.7 Å². The minimum atomic E-state index is -4.41. The molecular weight excluding hydrogens is 293 g/mol. The van der Waals surface area contributed by atoms with E-state index in [-0.39, 0.29) is 17.5 Å². The Bertz CT molecular complexity index is 579. The van der Waals surface area contributed by atoms with E-state index >= 15 is 0 Å². The van der Waals surface area contributed by atoms with Crippen molar-refractivity contribution < 1.29 is 18.0 Å². The van der Waals surface area contributed by atoms with Crippen LogP contribution in [0.1, 0.15) is 31.7 Å². The molecule has 1 aromatic rings. The smallest absolute Gasteiger partial charge is 0.370 e. The third-order valence-electron chi connectivity index (χ3n) is 4.47. The van der Waals surface area contributed by atoms with Gasteiger partial charge in [0.1, 0.15) is 0 Å². The number of benzene rings is 1. The first-order chi connectivity index (χ1) is 10.4. The van der Waals surface area contributed by atoms with E-state index in [9.17, 15) is 18.0 Å².